The van der Waals surface area contributed by atoms with E-state index < -0.39 is 23.5 Å². The molecule has 1 aromatic carbocycles. The first kappa shape index (κ1) is 18.3. The number of nitriles is 1. The van der Waals surface area contributed by atoms with Crippen LogP contribution >= 0.6 is 15.9 Å². The quantitative estimate of drug-likeness (QED) is 0.604. The lowest BCUT2D eigenvalue weighted by molar-refractivity contribution is -0.130. The van der Waals surface area contributed by atoms with Crippen molar-refractivity contribution in [2.45, 2.75) is 50.7 Å². The van der Waals surface area contributed by atoms with Crippen molar-refractivity contribution in [2.24, 2.45) is 0 Å². The second-order valence-electron chi connectivity index (χ2n) is 6.02. The number of nitrogens with zero attached hydrogens (tertiary/aromatic N) is 1. The number of nitrogen functional groups attached to an aromatic ring is 1. The van der Waals surface area contributed by atoms with Crippen molar-refractivity contribution < 1.29 is 14.3 Å². The molecule has 0 spiro atoms. The molecule has 1 unspecified atom stereocenters. The fourth-order valence-corrected chi connectivity index (χ4v) is 3.10. The molecule has 128 valence electrons. The van der Waals surface area contributed by atoms with Crippen molar-refractivity contribution >= 4 is 33.5 Å². The number of benzene rings is 1. The highest BCUT2D eigenvalue weighted by atomic mass is 79.9. The summed E-state index contributed by atoms with van der Waals surface area (Å²) in [6.45, 7) is 1.48. The SMILES string of the molecule is CC(OC(=O)c1cc(Br)ccc1N)C(=O)NC1(C#N)CCCCC1. The third-order valence-corrected chi connectivity index (χ3v) is 4.67. The zero-order chi connectivity index (χ0) is 17.7. The molecule has 0 heterocycles. The molecule has 1 atom stereocenters. The van der Waals surface area contributed by atoms with Crippen molar-refractivity contribution in [1.82, 2.24) is 5.32 Å². The fraction of sp³-hybridized carbons (Fsp3) is 0.471. The Labute approximate surface area is 149 Å². The average Bonchev–Trinajstić information content (AvgIpc) is 2.57. The lowest BCUT2D eigenvalue weighted by atomic mass is 9.83. The van der Waals surface area contributed by atoms with Gasteiger partial charge in [0.25, 0.3) is 5.91 Å². The van der Waals surface area contributed by atoms with Gasteiger partial charge in [0.05, 0.1) is 11.6 Å². The molecule has 0 aromatic heterocycles. The molecule has 1 aliphatic carbocycles. The molecule has 6 nitrogen and oxygen atoms in total. The van der Waals surface area contributed by atoms with Crippen LogP contribution in [0.2, 0.25) is 0 Å². The first-order valence-corrected chi connectivity index (χ1v) is 8.65. The molecular formula is C17H20BrN3O3. The van der Waals surface area contributed by atoms with E-state index in [9.17, 15) is 14.9 Å². The summed E-state index contributed by atoms with van der Waals surface area (Å²) < 4.78 is 5.89. The first-order valence-electron chi connectivity index (χ1n) is 7.86. The molecule has 1 aliphatic rings. The Morgan fingerprint density at radius 3 is 2.67 bits per heavy atom. The average molecular weight is 394 g/mol. The van der Waals surface area contributed by atoms with Crippen molar-refractivity contribution in [1.29, 1.82) is 5.26 Å². The molecule has 1 fully saturated rings. The Morgan fingerprint density at radius 1 is 1.38 bits per heavy atom. The third kappa shape index (κ3) is 4.26. The van der Waals surface area contributed by atoms with Gasteiger partial charge in [0.15, 0.2) is 6.10 Å². The van der Waals surface area contributed by atoms with E-state index in [0.717, 1.165) is 19.3 Å². The van der Waals surface area contributed by atoms with Gasteiger partial charge in [-0.2, -0.15) is 5.26 Å². The molecule has 1 saturated carbocycles. The largest absolute Gasteiger partial charge is 0.449 e. The monoisotopic (exact) mass is 393 g/mol. The summed E-state index contributed by atoms with van der Waals surface area (Å²) >= 11 is 3.26. The summed E-state index contributed by atoms with van der Waals surface area (Å²) in [6.07, 6.45) is 3.09. The number of halogens is 1. The number of nitrogens with two attached hydrogens (primary N) is 1. The maximum atomic E-state index is 12.3. The van der Waals surface area contributed by atoms with Crippen LogP contribution in [-0.2, 0) is 9.53 Å². The van der Waals surface area contributed by atoms with Crippen molar-refractivity contribution in [3.05, 3.63) is 28.2 Å². The molecule has 3 N–H and O–H groups in total. The first-order chi connectivity index (χ1) is 11.4. The maximum Gasteiger partial charge on any atom is 0.341 e. The standard InChI is InChI=1S/C17H20BrN3O3/c1-11(15(22)21-17(10-19)7-3-2-4-8-17)24-16(23)13-9-12(18)5-6-14(13)20/h5-6,9,11H,2-4,7-8,20H2,1H3,(H,21,22). The predicted molar refractivity (Wildman–Crippen MR) is 93.0 cm³/mol. The molecule has 0 aliphatic heterocycles. The van der Waals surface area contributed by atoms with E-state index in [-0.39, 0.29) is 11.3 Å². The van der Waals surface area contributed by atoms with E-state index in [1.807, 2.05) is 0 Å². The van der Waals surface area contributed by atoms with Gasteiger partial charge in [0.2, 0.25) is 0 Å². The van der Waals surface area contributed by atoms with E-state index >= 15 is 0 Å². The smallest absolute Gasteiger partial charge is 0.341 e. The normalized spacial score (nSPS) is 17.4. The van der Waals surface area contributed by atoms with Gasteiger partial charge in [-0.25, -0.2) is 4.79 Å². The second-order valence-corrected chi connectivity index (χ2v) is 6.94. The minimum atomic E-state index is -1.01. The Hall–Kier alpha value is -2.07. The van der Waals surface area contributed by atoms with Crippen LogP contribution in [0.3, 0.4) is 0 Å². The van der Waals surface area contributed by atoms with Crippen molar-refractivity contribution in [3.8, 4) is 6.07 Å². The lowest BCUT2D eigenvalue weighted by Gasteiger charge is -2.32. The van der Waals surface area contributed by atoms with Gasteiger partial charge < -0.3 is 15.8 Å². The van der Waals surface area contributed by atoms with Gasteiger partial charge in [-0.05, 0) is 38.0 Å². The van der Waals surface area contributed by atoms with Crippen LogP contribution in [0.5, 0.6) is 0 Å². The van der Waals surface area contributed by atoms with E-state index in [1.165, 1.54) is 6.92 Å². The number of esters is 1. The van der Waals surface area contributed by atoms with Crippen molar-refractivity contribution in [3.63, 3.8) is 0 Å². The van der Waals surface area contributed by atoms with E-state index in [2.05, 4.69) is 27.3 Å². The molecule has 24 heavy (non-hydrogen) atoms. The van der Waals surface area contributed by atoms with Crippen molar-refractivity contribution in [2.75, 3.05) is 5.73 Å². The van der Waals surface area contributed by atoms with Crippen LogP contribution in [0, 0.1) is 11.3 Å². The van der Waals surface area contributed by atoms with E-state index in [4.69, 9.17) is 10.5 Å². The molecule has 7 heteroatoms. The Kier molecular flexibility index (Phi) is 5.84. The molecule has 2 rings (SSSR count). The molecule has 0 bridgehead atoms. The topological polar surface area (TPSA) is 105 Å². The van der Waals surface area contributed by atoms with Gasteiger partial charge in [-0.15, -0.1) is 0 Å². The summed E-state index contributed by atoms with van der Waals surface area (Å²) in [7, 11) is 0. The second kappa shape index (κ2) is 7.67. The number of hydrogen-bond donors (Lipinski definition) is 2. The van der Waals surface area contributed by atoms with Gasteiger partial charge in [0, 0.05) is 10.2 Å². The Morgan fingerprint density at radius 2 is 2.04 bits per heavy atom. The van der Waals surface area contributed by atoms with Gasteiger partial charge in [-0.3, -0.25) is 4.79 Å². The van der Waals surface area contributed by atoms with Crippen LogP contribution in [0.4, 0.5) is 5.69 Å². The van der Waals surface area contributed by atoms with Crippen LogP contribution in [0.25, 0.3) is 0 Å². The van der Waals surface area contributed by atoms with Crippen LogP contribution in [0.15, 0.2) is 22.7 Å². The Balaban J connectivity index is 2.02. The highest BCUT2D eigenvalue weighted by molar-refractivity contribution is 9.10. The highest BCUT2D eigenvalue weighted by Gasteiger charge is 2.35. The van der Waals surface area contributed by atoms with E-state index in [1.54, 1.807) is 18.2 Å². The summed E-state index contributed by atoms with van der Waals surface area (Å²) in [5.74, 6) is -1.15. The predicted octanol–water partition coefficient (Wildman–Crippen LogP) is 2.92. The minimum absolute atomic E-state index is 0.191. The number of anilines is 1. The molecule has 0 radical (unpaired) electrons. The Bertz CT molecular complexity index is 678. The number of hydrogen-bond acceptors (Lipinski definition) is 5. The number of carbonyl (C=O) groups excluding carboxylic acids is 2. The molecule has 0 saturated heterocycles. The summed E-state index contributed by atoms with van der Waals surface area (Å²) in [6, 6.07) is 7.04. The molecule has 1 amide bonds. The van der Waals surface area contributed by atoms with Crippen LogP contribution in [0.1, 0.15) is 49.4 Å². The number of ether oxygens (including phenoxy) is 1. The summed E-state index contributed by atoms with van der Waals surface area (Å²) in [5.41, 5.74) is 5.38. The zero-order valence-corrected chi connectivity index (χ0v) is 15.1. The number of rotatable bonds is 4. The fourth-order valence-electron chi connectivity index (χ4n) is 2.74. The lowest BCUT2D eigenvalue weighted by Crippen LogP contribution is -2.52. The number of nitrogens with one attached hydrogen (secondary N) is 1. The zero-order valence-electron chi connectivity index (χ0n) is 13.5. The summed E-state index contributed by atoms with van der Waals surface area (Å²) in [5, 5.41) is 12.2. The van der Waals surface area contributed by atoms with Gasteiger partial charge in [0.1, 0.15) is 5.54 Å². The minimum Gasteiger partial charge on any atom is -0.449 e. The van der Waals surface area contributed by atoms with Crippen LogP contribution in [-0.4, -0.2) is 23.5 Å². The van der Waals surface area contributed by atoms with Gasteiger partial charge >= 0.3 is 5.97 Å². The maximum absolute atomic E-state index is 12.3. The number of amides is 1. The molecule has 1 aromatic rings. The third-order valence-electron chi connectivity index (χ3n) is 4.17. The highest BCUT2D eigenvalue weighted by Crippen LogP contribution is 2.27. The summed E-state index contributed by atoms with van der Waals surface area (Å²) in [4.78, 5) is 24.5. The van der Waals surface area contributed by atoms with Gasteiger partial charge in [-0.1, -0.05) is 35.2 Å². The molecular weight excluding hydrogens is 374 g/mol. The van der Waals surface area contributed by atoms with Crippen LogP contribution < -0.4 is 11.1 Å². The van der Waals surface area contributed by atoms with E-state index in [0.29, 0.717) is 17.3 Å². The number of carbonyl (C=O) groups is 2.